The monoisotopic (exact) mass is 240 g/mol. The molecule has 1 aromatic rings. The number of aliphatic hydroxyl groups is 1. The summed E-state index contributed by atoms with van der Waals surface area (Å²) in [6.45, 7) is 0.896. The van der Waals surface area contributed by atoms with Crippen molar-refractivity contribution < 1.29 is 9.90 Å². The van der Waals surface area contributed by atoms with Gasteiger partial charge >= 0.3 is 0 Å². The third kappa shape index (κ3) is 2.59. The second kappa shape index (κ2) is 5.19. The molecular weight excluding hydrogens is 224 g/mol. The van der Waals surface area contributed by atoms with Gasteiger partial charge in [0.25, 0.3) is 0 Å². The first-order chi connectivity index (χ1) is 8.22. The summed E-state index contributed by atoms with van der Waals surface area (Å²) in [4.78, 5) is 12.6. The molecule has 94 valence electrons. The molecule has 1 amide bonds. The number of carbonyl (C=O) groups excluding carboxylic acids is 1. The molecule has 0 bridgehead atoms. The van der Waals surface area contributed by atoms with Gasteiger partial charge in [-0.3, -0.25) is 4.79 Å². The molecule has 2 rings (SSSR count). The van der Waals surface area contributed by atoms with E-state index in [2.05, 4.69) is 20.7 Å². The fourth-order valence-electron chi connectivity index (χ4n) is 2.25. The minimum atomic E-state index is -0.601. The number of primary amides is 1. The number of carbonyl (C=O) groups is 1. The van der Waals surface area contributed by atoms with Crippen molar-refractivity contribution >= 4 is 5.91 Å². The Morgan fingerprint density at radius 3 is 3.12 bits per heavy atom. The second-order valence-corrected chi connectivity index (χ2v) is 4.20. The number of nitrogens with two attached hydrogens (primary N) is 1. The quantitative estimate of drug-likeness (QED) is 0.551. The number of hydrogen-bond donors (Lipinski definition) is 3. The number of hydrogen-bond acceptors (Lipinski definition) is 6. The average molecular weight is 240 g/mol. The van der Waals surface area contributed by atoms with Crippen LogP contribution in [0.15, 0.2) is 6.33 Å². The molecule has 1 fully saturated rings. The maximum atomic E-state index is 11.4. The summed E-state index contributed by atoms with van der Waals surface area (Å²) in [6, 6.07) is -0.586. The van der Waals surface area contributed by atoms with Gasteiger partial charge in [-0.15, -0.1) is 10.2 Å². The molecule has 1 saturated heterocycles. The molecule has 0 radical (unpaired) electrons. The van der Waals surface area contributed by atoms with E-state index in [4.69, 9.17) is 5.73 Å². The van der Waals surface area contributed by atoms with Crippen LogP contribution in [-0.2, 0) is 4.79 Å². The first kappa shape index (κ1) is 11.9. The Morgan fingerprint density at radius 1 is 1.71 bits per heavy atom. The van der Waals surface area contributed by atoms with Gasteiger partial charge in [-0.05, 0) is 30.5 Å². The van der Waals surface area contributed by atoms with Crippen LogP contribution < -0.4 is 11.1 Å². The zero-order chi connectivity index (χ0) is 12.3. The van der Waals surface area contributed by atoms with Crippen LogP contribution in [0.1, 0.15) is 18.9 Å². The van der Waals surface area contributed by atoms with Crippen LogP contribution in [0, 0.1) is 5.92 Å². The molecule has 3 atom stereocenters. The van der Waals surface area contributed by atoms with Crippen molar-refractivity contribution in [3.05, 3.63) is 6.33 Å². The molecule has 0 spiro atoms. The molecule has 0 aromatic carbocycles. The lowest BCUT2D eigenvalue weighted by atomic mass is 9.93. The van der Waals surface area contributed by atoms with Crippen LogP contribution >= 0.6 is 0 Å². The van der Waals surface area contributed by atoms with Crippen LogP contribution in [0.3, 0.4) is 0 Å². The van der Waals surface area contributed by atoms with E-state index in [1.165, 1.54) is 11.1 Å². The molecule has 17 heavy (non-hydrogen) atoms. The summed E-state index contributed by atoms with van der Waals surface area (Å²) in [5.41, 5.74) is 5.34. The highest BCUT2D eigenvalue weighted by Crippen LogP contribution is 2.25. The SMILES string of the molecule is NC(=O)C(C[C@@H]1CCN[C@@H]1CO)n1ncnn1. The van der Waals surface area contributed by atoms with Gasteiger partial charge < -0.3 is 16.2 Å². The lowest BCUT2D eigenvalue weighted by Gasteiger charge is -2.20. The fraction of sp³-hybridized carbons (Fsp3) is 0.778. The normalized spacial score (nSPS) is 25.9. The summed E-state index contributed by atoms with van der Waals surface area (Å²) in [5.74, 6) is -0.282. The molecule has 8 nitrogen and oxygen atoms in total. The van der Waals surface area contributed by atoms with Gasteiger partial charge in [0.15, 0.2) is 12.4 Å². The Bertz CT molecular complexity index is 368. The van der Waals surface area contributed by atoms with Gasteiger partial charge in [0.05, 0.1) is 6.61 Å². The first-order valence-corrected chi connectivity index (χ1v) is 5.58. The van der Waals surface area contributed by atoms with E-state index in [9.17, 15) is 9.90 Å². The average Bonchev–Trinajstić information content (AvgIpc) is 2.96. The highest BCUT2D eigenvalue weighted by atomic mass is 16.3. The molecule has 2 heterocycles. The van der Waals surface area contributed by atoms with E-state index in [-0.39, 0.29) is 18.6 Å². The fourth-order valence-corrected chi connectivity index (χ4v) is 2.25. The minimum absolute atomic E-state index is 0.0142. The predicted molar refractivity (Wildman–Crippen MR) is 57.6 cm³/mol. The van der Waals surface area contributed by atoms with Gasteiger partial charge in [-0.25, -0.2) is 0 Å². The summed E-state index contributed by atoms with van der Waals surface area (Å²) < 4.78 is 0. The number of amides is 1. The lowest BCUT2D eigenvalue weighted by Crippen LogP contribution is -2.35. The Kier molecular flexibility index (Phi) is 3.64. The van der Waals surface area contributed by atoms with Crippen molar-refractivity contribution in [3.63, 3.8) is 0 Å². The number of tetrazole rings is 1. The zero-order valence-corrected chi connectivity index (χ0v) is 9.36. The summed E-state index contributed by atoms with van der Waals surface area (Å²) in [6.07, 6.45) is 2.69. The van der Waals surface area contributed by atoms with E-state index in [0.717, 1.165) is 13.0 Å². The Hall–Kier alpha value is -1.54. The van der Waals surface area contributed by atoms with Crippen molar-refractivity contribution in [2.45, 2.75) is 24.9 Å². The van der Waals surface area contributed by atoms with Crippen molar-refractivity contribution in [1.82, 2.24) is 25.5 Å². The van der Waals surface area contributed by atoms with Crippen molar-refractivity contribution in [1.29, 1.82) is 0 Å². The van der Waals surface area contributed by atoms with Gasteiger partial charge in [-0.2, -0.15) is 4.80 Å². The van der Waals surface area contributed by atoms with Crippen LogP contribution in [0.25, 0.3) is 0 Å². The zero-order valence-electron chi connectivity index (χ0n) is 9.36. The summed E-state index contributed by atoms with van der Waals surface area (Å²) in [5, 5.41) is 23.5. The molecule has 1 aromatic heterocycles. The van der Waals surface area contributed by atoms with E-state index in [0.29, 0.717) is 6.42 Å². The van der Waals surface area contributed by atoms with Crippen LogP contribution in [0.5, 0.6) is 0 Å². The van der Waals surface area contributed by atoms with E-state index < -0.39 is 11.9 Å². The van der Waals surface area contributed by atoms with Crippen molar-refractivity contribution in [3.8, 4) is 0 Å². The van der Waals surface area contributed by atoms with Gasteiger partial charge in [-0.1, -0.05) is 0 Å². The third-order valence-electron chi connectivity index (χ3n) is 3.19. The Balaban J connectivity index is 2.06. The molecule has 0 saturated carbocycles. The topological polar surface area (TPSA) is 119 Å². The summed E-state index contributed by atoms with van der Waals surface area (Å²) in [7, 11) is 0. The highest BCUT2D eigenvalue weighted by Gasteiger charge is 2.32. The maximum absolute atomic E-state index is 11.4. The number of rotatable bonds is 5. The van der Waals surface area contributed by atoms with Crippen LogP contribution in [0.4, 0.5) is 0 Å². The van der Waals surface area contributed by atoms with Gasteiger partial charge in [0.2, 0.25) is 5.91 Å². The number of nitrogens with zero attached hydrogens (tertiary/aromatic N) is 4. The highest BCUT2D eigenvalue weighted by molar-refractivity contribution is 5.78. The number of aromatic nitrogens is 4. The van der Waals surface area contributed by atoms with Crippen LogP contribution in [-0.4, -0.2) is 50.4 Å². The number of aliphatic hydroxyl groups excluding tert-OH is 1. The molecular formula is C9H16N6O2. The lowest BCUT2D eigenvalue weighted by molar-refractivity contribution is -0.122. The van der Waals surface area contributed by atoms with Crippen molar-refractivity contribution in [2.75, 3.05) is 13.2 Å². The van der Waals surface area contributed by atoms with Gasteiger partial charge in [0.1, 0.15) is 0 Å². The maximum Gasteiger partial charge on any atom is 0.244 e. The van der Waals surface area contributed by atoms with E-state index >= 15 is 0 Å². The largest absolute Gasteiger partial charge is 0.395 e. The van der Waals surface area contributed by atoms with Gasteiger partial charge in [0, 0.05) is 6.04 Å². The Morgan fingerprint density at radius 2 is 2.53 bits per heavy atom. The first-order valence-electron chi connectivity index (χ1n) is 5.58. The molecule has 4 N–H and O–H groups in total. The Labute approximate surface area is 98.2 Å². The standard InChI is InChI=1S/C9H16N6O2/c10-9(17)8(15-13-5-12-14-15)3-6-1-2-11-7(6)4-16/h5-8,11,16H,1-4H2,(H2,10,17)/t6-,7+,8?/m0/s1. The van der Waals surface area contributed by atoms with E-state index in [1.807, 2.05) is 0 Å². The second-order valence-electron chi connectivity index (χ2n) is 4.20. The molecule has 8 heteroatoms. The van der Waals surface area contributed by atoms with E-state index in [1.54, 1.807) is 0 Å². The molecule has 1 aliphatic rings. The van der Waals surface area contributed by atoms with Crippen molar-refractivity contribution in [2.24, 2.45) is 11.7 Å². The number of nitrogens with one attached hydrogen (secondary N) is 1. The molecule has 0 aliphatic carbocycles. The molecule has 1 unspecified atom stereocenters. The molecule has 1 aliphatic heterocycles. The predicted octanol–water partition coefficient (Wildman–Crippen LogP) is -1.94. The smallest absolute Gasteiger partial charge is 0.244 e. The van der Waals surface area contributed by atoms with Crippen LogP contribution in [0.2, 0.25) is 0 Å². The third-order valence-corrected chi connectivity index (χ3v) is 3.19. The minimum Gasteiger partial charge on any atom is -0.395 e. The summed E-state index contributed by atoms with van der Waals surface area (Å²) >= 11 is 0.